The van der Waals surface area contributed by atoms with E-state index >= 15 is 0 Å². The summed E-state index contributed by atoms with van der Waals surface area (Å²) in [6.07, 6.45) is 1.86. The van der Waals surface area contributed by atoms with Crippen molar-refractivity contribution in [2.24, 2.45) is 7.05 Å². The second-order valence-electron chi connectivity index (χ2n) is 7.54. The fourth-order valence-corrected chi connectivity index (χ4v) is 3.85. The third-order valence-electron chi connectivity index (χ3n) is 5.60. The molecule has 1 fully saturated rings. The number of aryl methyl sites for hydroxylation is 1. The van der Waals surface area contributed by atoms with Gasteiger partial charge in [-0.2, -0.15) is 0 Å². The quantitative estimate of drug-likeness (QED) is 0.548. The van der Waals surface area contributed by atoms with Crippen molar-refractivity contribution in [2.45, 2.75) is 6.54 Å². The van der Waals surface area contributed by atoms with Crippen LogP contribution < -0.4 is 10.2 Å². The van der Waals surface area contributed by atoms with Gasteiger partial charge in [0.2, 0.25) is 5.95 Å². The third-order valence-corrected chi connectivity index (χ3v) is 5.60. The van der Waals surface area contributed by atoms with Crippen LogP contribution in [0.3, 0.4) is 0 Å². The van der Waals surface area contributed by atoms with Crippen molar-refractivity contribution in [3.8, 4) is 11.3 Å². The fraction of sp³-hybridized carbons (Fsp3) is 0.250. The first kappa shape index (κ1) is 18.6. The summed E-state index contributed by atoms with van der Waals surface area (Å²) in [4.78, 5) is 11.7. The van der Waals surface area contributed by atoms with E-state index in [2.05, 4.69) is 62.2 Å². The third kappa shape index (κ3) is 3.74. The maximum absolute atomic E-state index is 5.45. The van der Waals surface area contributed by atoms with Crippen LogP contribution in [0.1, 0.15) is 5.56 Å². The van der Waals surface area contributed by atoms with Crippen LogP contribution in [0, 0.1) is 0 Å². The van der Waals surface area contributed by atoms with E-state index in [1.165, 1.54) is 11.3 Å². The molecule has 3 heterocycles. The number of nitrogens with one attached hydrogen (secondary N) is 1. The van der Waals surface area contributed by atoms with Crippen LogP contribution in [0.4, 0.5) is 11.6 Å². The van der Waals surface area contributed by atoms with Gasteiger partial charge < -0.3 is 19.5 Å². The predicted octanol–water partition coefficient (Wildman–Crippen LogP) is 4.08. The van der Waals surface area contributed by atoms with Crippen molar-refractivity contribution in [3.05, 3.63) is 72.4 Å². The minimum absolute atomic E-state index is 0.737. The number of benzene rings is 2. The Morgan fingerprint density at radius 3 is 2.53 bits per heavy atom. The number of anilines is 2. The second kappa shape index (κ2) is 8.16. The molecule has 0 unspecified atom stereocenters. The van der Waals surface area contributed by atoms with Gasteiger partial charge in [0.15, 0.2) is 0 Å². The average molecular weight is 399 g/mol. The molecule has 0 atom stereocenters. The lowest BCUT2D eigenvalue weighted by molar-refractivity contribution is 0.122. The highest BCUT2D eigenvalue weighted by Crippen LogP contribution is 2.26. The number of hydrogen-bond donors (Lipinski definition) is 1. The summed E-state index contributed by atoms with van der Waals surface area (Å²) in [7, 11) is 2.04. The van der Waals surface area contributed by atoms with Gasteiger partial charge in [-0.3, -0.25) is 4.98 Å². The van der Waals surface area contributed by atoms with Gasteiger partial charge in [0.25, 0.3) is 0 Å². The van der Waals surface area contributed by atoms with E-state index in [1.54, 1.807) is 0 Å². The number of ether oxygens (including phenoxy) is 1. The molecule has 2 aromatic carbocycles. The van der Waals surface area contributed by atoms with Gasteiger partial charge in [0.1, 0.15) is 5.52 Å². The summed E-state index contributed by atoms with van der Waals surface area (Å²) >= 11 is 0. The molecule has 5 rings (SSSR count). The monoisotopic (exact) mass is 399 g/mol. The number of hydrogen-bond acceptors (Lipinski definition) is 5. The van der Waals surface area contributed by atoms with E-state index in [0.717, 1.165) is 61.1 Å². The molecule has 0 spiro atoms. The average Bonchev–Trinajstić information content (AvgIpc) is 3.14. The largest absolute Gasteiger partial charge is 0.378 e. The van der Waals surface area contributed by atoms with Crippen molar-refractivity contribution in [2.75, 3.05) is 36.5 Å². The van der Waals surface area contributed by atoms with Crippen molar-refractivity contribution >= 4 is 22.7 Å². The zero-order chi connectivity index (χ0) is 20.3. The molecule has 1 saturated heterocycles. The number of morpholine rings is 1. The Morgan fingerprint density at radius 1 is 1.00 bits per heavy atom. The van der Waals surface area contributed by atoms with Crippen LogP contribution in [0.2, 0.25) is 0 Å². The molecule has 1 N–H and O–H groups in total. The topological polar surface area (TPSA) is 55.2 Å². The Kier molecular flexibility index (Phi) is 5.07. The van der Waals surface area contributed by atoms with Crippen LogP contribution in [-0.2, 0) is 18.3 Å². The van der Waals surface area contributed by atoms with E-state index in [1.807, 2.05) is 31.4 Å². The van der Waals surface area contributed by atoms with Gasteiger partial charge in [0, 0.05) is 37.9 Å². The Bertz CT molecular complexity index is 1130. The molecule has 1 aliphatic heterocycles. The minimum atomic E-state index is 0.737. The standard InChI is InChI=1S/C24H25N5O/c1-28-23-15-21(19-7-9-20(10-8-19)29-11-13-30-14-12-29)25-17-22(23)27-24(28)26-16-18-5-3-2-4-6-18/h2-10,15,17H,11-14,16H2,1H3,(H,26,27). The van der Waals surface area contributed by atoms with Gasteiger partial charge in [0.05, 0.1) is 30.6 Å². The van der Waals surface area contributed by atoms with Crippen LogP contribution in [0.5, 0.6) is 0 Å². The molecule has 152 valence electrons. The molecular weight excluding hydrogens is 374 g/mol. The van der Waals surface area contributed by atoms with Crippen molar-refractivity contribution in [3.63, 3.8) is 0 Å². The van der Waals surface area contributed by atoms with Crippen LogP contribution in [-0.4, -0.2) is 40.8 Å². The van der Waals surface area contributed by atoms with E-state index in [0.29, 0.717) is 0 Å². The summed E-state index contributed by atoms with van der Waals surface area (Å²) in [6.45, 7) is 4.21. The number of nitrogens with zero attached hydrogens (tertiary/aromatic N) is 4. The SMILES string of the molecule is Cn1c(NCc2ccccc2)nc2cnc(-c3ccc(N4CCOCC4)cc3)cc21. The summed E-state index contributed by atoms with van der Waals surface area (Å²) < 4.78 is 7.53. The zero-order valence-electron chi connectivity index (χ0n) is 17.1. The number of imidazole rings is 1. The lowest BCUT2D eigenvalue weighted by atomic mass is 10.1. The van der Waals surface area contributed by atoms with Gasteiger partial charge in [-0.15, -0.1) is 0 Å². The molecule has 1 aliphatic rings. The van der Waals surface area contributed by atoms with E-state index in [9.17, 15) is 0 Å². The highest BCUT2D eigenvalue weighted by molar-refractivity contribution is 5.82. The lowest BCUT2D eigenvalue weighted by Gasteiger charge is -2.28. The van der Waals surface area contributed by atoms with Gasteiger partial charge in [-0.25, -0.2) is 4.98 Å². The molecule has 6 nitrogen and oxygen atoms in total. The Labute approximate surface area is 176 Å². The Balaban J connectivity index is 1.37. The van der Waals surface area contributed by atoms with Crippen molar-refractivity contribution in [1.29, 1.82) is 0 Å². The Morgan fingerprint density at radius 2 is 1.77 bits per heavy atom. The van der Waals surface area contributed by atoms with Gasteiger partial charge in [-0.1, -0.05) is 42.5 Å². The molecule has 0 aliphatic carbocycles. The summed E-state index contributed by atoms with van der Waals surface area (Å²) in [5, 5.41) is 3.43. The molecule has 0 radical (unpaired) electrons. The Hall–Kier alpha value is -3.38. The first-order valence-corrected chi connectivity index (χ1v) is 10.3. The number of rotatable bonds is 5. The number of pyridine rings is 1. The molecule has 6 heteroatoms. The highest BCUT2D eigenvalue weighted by atomic mass is 16.5. The minimum Gasteiger partial charge on any atom is -0.378 e. The van der Waals surface area contributed by atoms with Crippen LogP contribution >= 0.6 is 0 Å². The molecule has 4 aromatic rings. The van der Waals surface area contributed by atoms with Crippen molar-refractivity contribution in [1.82, 2.24) is 14.5 Å². The lowest BCUT2D eigenvalue weighted by Crippen LogP contribution is -2.36. The zero-order valence-corrected chi connectivity index (χ0v) is 17.1. The highest BCUT2D eigenvalue weighted by Gasteiger charge is 2.13. The van der Waals surface area contributed by atoms with Gasteiger partial charge >= 0.3 is 0 Å². The molecule has 0 amide bonds. The first-order valence-electron chi connectivity index (χ1n) is 10.3. The molecule has 0 bridgehead atoms. The van der Waals surface area contributed by atoms with E-state index < -0.39 is 0 Å². The van der Waals surface area contributed by atoms with E-state index in [-0.39, 0.29) is 0 Å². The van der Waals surface area contributed by atoms with Crippen molar-refractivity contribution < 1.29 is 4.74 Å². The number of fused-ring (bicyclic) bond motifs is 1. The number of aromatic nitrogens is 3. The predicted molar refractivity (Wildman–Crippen MR) is 121 cm³/mol. The second-order valence-corrected chi connectivity index (χ2v) is 7.54. The van der Waals surface area contributed by atoms with Crippen LogP contribution in [0.15, 0.2) is 66.9 Å². The van der Waals surface area contributed by atoms with E-state index in [4.69, 9.17) is 9.72 Å². The fourth-order valence-electron chi connectivity index (χ4n) is 3.85. The summed E-state index contributed by atoms with van der Waals surface area (Å²) in [5.41, 5.74) is 6.47. The molecule has 0 saturated carbocycles. The summed E-state index contributed by atoms with van der Waals surface area (Å²) in [5.74, 6) is 0.843. The normalized spacial score (nSPS) is 14.2. The van der Waals surface area contributed by atoms with Gasteiger partial charge in [-0.05, 0) is 23.8 Å². The first-order chi connectivity index (χ1) is 14.8. The maximum Gasteiger partial charge on any atom is 0.203 e. The molecule has 2 aromatic heterocycles. The molecular formula is C24H25N5O. The maximum atomic E-state index is 5.45. The molecule has 30 heavy (non-hydrogen) atoms. The summed E-state index contributed by atoms with van der Waals surface area (Å²) in [6, 6.07) is 21.1. The smallest absolute Gasteiger partial charge is 0.203 e. The van der Waals surface area contributed by atoms with Crippen LogP contribution in [0.25, 0.3) is 22.3 Å².